The van der Waals surface area contributed by atoms with Crippen molar-refractivity contribution in [1.29, 1.82) is 0 Å². The lowest BCUT2D eigenvalue weighted by Crippen LogP contribution is -2.35. The molecule has 128 valence electrons. The van der Waals surface area contributed by atoms with Crippen LogP contribution in [0.2, 0.25) is 0 Å². The van der Waals surface area contributed by atoms with E-state index in [1.807, 2.05) is 26.0 Å². The molecule has 2 aromatic rings. The molecule has 0 aliphatic carbocycles. The van der Waals surface area contributed by atoms with Gasteiger partial charge in [-0.2, -0.15) is 0 Å². The predicted octanol–water partition coefficient (Wildman–Crippen LogP) is 1.96. The summed E-state index contributed by atoms with van der Waals surface area (Å²) in [5.41, 5.74) is 3.80. The van der Waals surface area contributed by atoms with Crippen LogP contribution in [0.1, 0.15) is 28.2 Å². The third kappa shape index (κ3) is 3.01. The summed E-state index contributed by atoms with van der Waals surface area (Å²) in [6, 6.07) is 4.01. The number of rotatable bonds is 4. The van der Waals surface area contributed by atoms with E-state index in [9.17, 15) is 4.79 Å². The lowest BCUT2D eigenvalue weighted by Gasteiger charge is -2.28. The van der Waals surface area contributed by atoms with Gasteiger partial charge in [0.25, 0.3) is 5.56 Å². The fourth-order valence-corrected chi connectivity index (χ4v) is 3.35. The first-order chi connectivity index (χ1) is 11.5. The highest BCUT2D eigenvalue weighted by Gasteiger charge is 2.22. The summed E-state index contributed by atoms with van der Waals surface area (Å²) in [6.07, 6.45) is 0.718. The summed E-state index contributed by atoms with van der Waals surface area (Å²) in [4.78, 5) is 21.6. The Bertz CT molecular complexity index is 814. The Morgan fingerprint density at radius 1 is 1.25 bits per heavy atom. The van der Waals surface area contributed by atoms with Gasteiger partial charge in [-0.25, -0.2) is 4.98 Å². The van der Waals surface area contributed by atoms with Gasteiger partial charge in [-0.1, -0.05) is 6.07 Å². The second-order valence-corrected chi connectivity index (χ2v) is 6.12. The standard InChI is InChI=1S/C18H23N3O3/c1-11-16(23-3)6-5-13(17(11)24-4)9-21-8-7-14-15(10-21)19-12(2)20-18(14)22/h5-6H,7-10H2,1-4H3,(H,19,20,22). The van der Waals surface area contributed by atoms with Gasteiger partial charge in [-0.3, -0.25) is 9.69 Å². The minimum atomic E-state index is -0.00461. The Kier molecular flexibility index (Phi) is 4.57. The molecule has 0 atom stereocenters. The molecule has 0 saturated carbocycles. The first-order valence-electron chi connectivity index (χ1n) is 8.05. The third-order valence-electron chi connectivity index (χ3n) is 4.53. The smallest absolute Gasteiger partial charge is 0.254 e. The number of fused-ring (bicyclic) bond motifs is 1. The van der Waals surface area contributed by atoms with Crippen LogP contribution >= 0.6 is 0 Å². The molecule has 6 heteroatoms. The van der Waals surface area contributed by atoms with Gasteiger partial charge in [0, 0.05) is 36.3 Å². The summed E-state index contributed by atoms with van der Waals surface area (Å²) < 4.78 is 11.0. The van der Waals surface area contributed by atoms with Gasteiger partial charge in [0.05, 0.1) is 19.9 Å². The predicted molar refractivity (Wildman–Crippen MR) is 91.7 cm³/mol. The van der Waals surface area contributed by atoms with E-state index >= 15 is 0 Å². The Labute approximate surface area is 141 Å². The van der Waals surface area contributed by atoms with Gasteiger partial charge in [-0.05, 0) is 26.3 Å². The van der Waals surface area contributed by atoms with E-state index in [0.717, 1.165) is 53.4 Å². The summed E-state index contributed by atoms with van der Waals surface area (Å²) in [7, 11) is 3.34. The number of hydrogen-bond donors (Lipinski definition) is 1. The van der Waals surface area contributed by atoms with Crippen LogP contribution in [0, 0.1) is 13.8 Å². The number of ether oxygens (including phenoxy) is 2. The lowest BCUT2D eigenvalue weighted by atomic mass is 10.0. The molecule has 0 bridgehead atoms. The van der Waals surface area contributed by atoms with Crippen molar-refractivity contribution in [2.45, 2.75) is 33.4 Å². The van der Waals surface area contributed by atoms with Crippen LogP contribution in [0.15, 0.2) is 16.9 Å². The van der Waals surface area contributed by atoms with Crippen molar-refractivity contribution in [2.24, 2.45) is 0 Å². The quantitative estimate of drug-likeness (QED) is 0.929. The maximum absolute atomic E-state index is 12.0. The van der Waals surface area contributed by atoms with E-state index in [4.69, 9.17) is 9.47 Å². The van der Waals surface area contributed by atoms with Gasteiger partial charge < -0.3 is 14.5 Å². The van der Waals surface area contributed by atoms with Gasteiger partial charge in [-0.15, -0.1) is 0 Å². The van der Waals surface area contributed by atoms with E-state index in [1.54, 1.807) is 14.2 Å². The molecule has 1 aromatic carbocycles. The number of methoxy groups -OCH3 is 2. The lowest BCUT2D eigenvalue weighted by molar-refractivity contribution is 0.236. The topological polar surface area (TPSA) is 67.5 Å². The first kappa shape index (κ1) is 16.5. The average Bonchev–Trinajstić information content (AvgIpc) is 2.55. The van der Waals surface area contributed by atoms with E-state index in [0.29, 0.717) is 12.4 Å². The number of H-pyrrole nitrogens is 1. The van der Waals surface area contributed by atoms with E-state index in [1.165, 1.54) is 0 Å². The molecular formula is C18H23N3O3. The summed E-state index contributed by atoms with van der Waals surface area (Å²) in [5.74, 6) is 2.34. The third-order valence-corrected chi connectivity index (χ3v) is 4.53. The molecule has 0 spiro atoms. The highest BCUT2D eigenvalue weighted by molar-refractivity contribution is 5.49. The van der Waals surface area contributed by atoms with Crippen LogP contribution in [0.5, 0.6) is 11.5 Å². The number of aromatic nitrogens is 2. The van der Waals surface area contributed by atoms with Crippen molar-refractivity contribution in [3.8, 4) is 11.5 Å². The number of aryl methyl sites for hydroxylation is 1. The van der Waals surface area contributed by atoms with Crippen molar-refractivity contribution < 1.29 is 9.47 Å². The molecule has 2 heterocycles. The zero-order valence-electron chi connectivity index (χ0n) is 14.6. The Morgan fingerprint density at radius 3 is 2.75 bits per heavy atom. The number of nitrogens with one attached hydrogen (secondary N) is 1. The molecule has 1 N–H and O–H groups in total. The first-order valence-corrected chi connectivity index (χ1v) is 8.05. The Hall–Kier alpha value is -2.34. The fourth-order valence-electron chi connectivity index (χ4n) is 3.35. The minimum Gasteiger partial charge on any atom is -0.496 e. The molecule has 1 aliphatic heterocycles. The molecule has 6 nitrogen and oxygen atoms in total. The number of hydrogen-bond acceptors (Lipinski definition) is 5. The monoisotopic (exact) mass is 329 g/mol. The second-order valence-electron chi connectivity index (χ2n) is 6.12. The highest BCUT2D eigenvalue weighted by atomic mass is 16.5. The van der Waals surface area contributed by atoms with Crippen LogP contribution in [-0.2, 0) is 19.5 Å². The fraction of sp³-hybridized carbons (Fsp3) is 0.444. The number of benzene rings is 1. The normalized spacial score (nSPS) is 14.3. The zero-order valence-corrected chi connectivity index (χ0v) is 14.6. The second kappa shape index (κ2) is 6.65. The minimum absolute atomic E-state index is 0.00461. The summed E-state index contributed by atoms with van der Waals surface area (Å²) in [6.45, 7) is 6.07. The van der Waals surface area contributed by atoms with E-state index in [2.05, 4.69) is 14.9 Å². The van der Waals surface area contributed by atoms with Crippen LogP contribution in [0.25, 0.3) is 0 Å². The maximum Gasteiger partial charge on any atom is 0.254 e. The van der Waals surface area contributed by atoms with E-state index in [-0.39, 0.29) is 5.56 Å². The summed E-state index contributed by atoms with van der Waals surface area (Å²) >= 11 is 0. The molecule has 1 aliphatic rings. The summed E-state index contributed by atoms with van der Waals surface area (Å²) in [5, 5.41) is 0. The van der Waals surface area contributed by atoms with Crippen molar-refractivity contribution in [1.82, 2.24) is 14.9 Å². The van der Waals surface area contributed by atoms with Crippen LogP contribution in [-0.4, -0.2) is 35.6 Å². The molecule has 0 saturated heterocycles. The highest BCUT2D eigenvalue weighted by Crippen LogP contribution is 2.32. The molecule has 3 rings (SSSR count). The molecule has 0 amide bonds. The van der Waals surface area contributed by atoms with Crippen LogP contribution in [0.3, 0.4) is 0 Å². The van der Waals surface area contributed by atoms with Crippen LogP contribution < -0.4 is 15.0 Å². The number of nitrogens with zero attached hydrogens (tertiary/aromatic N) is 2. The van der Waals surface area contributed by atoms with Gasteiger partial charge in [0.1, 0.15) is 17.3 Å². The van der Waals surface area contributed by atoms with E-state index < -0.39 is 0 Å². The van der Waals surface area contributed by atoms with Gasteiger partial charge >= 0.3 is 0 Å². The van der Waals surface area contributed by atoms with Crippen molar-refractivity contribution in [3.05, 3.63) is 50.7 Å². The van der Waals surface area contributed by atoms with Gasteiger partial charge in [0.15, 0.2) is 0 Å². The molecule has 0 fully saturated rings. The number of aromatic amines is 1. The molecule has 0 unspecified atom stereocenters. The van der Waals surface area contributed by atoms with Crippen molar-refractivity contribution >= 4 is 0 Å². The average molecular weight is 329 g/mol. The molecular weight excluding hydrogens is 306 g/mol. The van der Waals surface area contributed by atoms with Crippen LogP contribution in [0.4, 0.5) is 0 Å². The Balaban J connectivity index is 1.85. The SMILES string of the molecule is COc1ccc(CN2CCc3c(nc(C)[nH]c3=O)C2)c(OC)c1C. The molecule has 24 heavy (non-hydrogen) atoms. The Morgan fingerprint density at radius 2 is 2.04 bits per heavy atom. The van der Waals surface area contributed by atoms with Gasteiger partial charge in [0.2, 0.25) is 0 Å². The molecule has 1 aromatic heterocycles. The maximum atomic E-state index is 12.0. The largest absolute Gasteiger partial charge is 0.496 e. The van der Waals surface area contributed by atoms with Crippen molar-refractivity contribution in [2.75, 3.05) is 20.8 Å². The zero-order chi connectivity index (χ0) is 17.3. The van der Waals surface area contributed by atoms with Crippen molar-refractivity contribution in [3.63, 3.8) is 0 Å². The molecule has 0 radical (unpaired) electrons.